The molecule has 1 aliphatic heterocycles. The predicted molar refractivity (Wildman–Crippen MR) is 132 cm³/mol. The Morgan fingerprint density at radius 1 is 1.06 bits per heavy atom. The van der Waals surface area contributed by atoms with Gasteiger partial charge >= 0.3 is 0 Å². The molecule has 1 unspecified atom stereocenters. The number of carbonyl (C=O) groups excluding carboxylic acids is 1. The zero-order chi connectivity index (χ0) is 22.3. The van der Waals surface area contributed by atoms with E-state index >= 15 is 0 Å². The fraction of sp³-hybridized carbons (Fsp3) is 0.536. The molecule has 0 saturated carbocycles. The van der Waals surface area contributed by atoms with Crippen LogP contribution < -0.4 is 5.32 Å². The molecule has 0 spiro atoms. The van der Waals surface area contributed by atoms with Gasteiger partial charge in [0, 0.05) is 18.4 Å². The fourth-order valence-electron chi connectivity index (χ4n) is 4.95. The molecule has 168 valence electrons. The molecule has 3 heteroatoms. The molecule has 0 radical (unpaired) electrons. The SMILES string of the molecule is CC(C)=CCC(=O)NCC(CCN1CCCCC1)(c1cccc2ccccc12)C(C)C. The van der Waals surface area contributed by atoms with Crippen LogP contribution >= 0.6 is 0 Å². The van der Waals surface area contributed by atoms with E-state index in [0.717, 1.165) is 13.0 Å². The molecule has 3 rings (SSSR count). The molecule has 2 aromatic carbocycles. The van der Waals surface area contributed by atoms with Crippen molar-refractivity contribution in [2.45, 2.75) is 65.2 Å². The average molecular weight is 421 g/mol. The molecule has 1 amide bonds. The van der Waals surface area contributed by atoms with E-state index in [1.807, 2.05) is 19.9 Å². The standard InChI is InChI=1S/C28H40N2O/c1-22(2)15-16-27(31)29-21-28(23(3)4,17-20-30-18-8-5-9-19-30)26-14-10-12-24-11-6-7-13-25(24)26/h6-7,10-15,23H,5,8-9,16-21H2,1-4H3,(H,29,31). The molecule has 1 atom stereocenters. The highest BCUT2D eigenvalue weighted by Crippen LogP contribution is 2.39. The molecule has 2 aromatic rings. The first-order valence-electron chi connectivity index (χ1n) is 12.0. The van der Waals surface area contributed by atoms with Crippen LogP contribution in [0, 0.1) is 5.92 Å². The Balaban J connectivity index is 1.93. The minimum atomic E-state index is -0.0983. The fourth-order valence-corrected chi connectivity index (χ4v) is 4.95. The lowest BCUT2D eigenvalue weighted by Crippen LogP contribution is -2.47. The first kappa shape index (κ1) is 23.5. The number of hydrogen-bond donors (Lipinski definition) is 1. The van der Waals surface area contributed by atoms with E-state index in [1.54, 1.807) is 0 Å². The number of nitrogens with one attached hydrogen (secondary N) is 1. The van der Waals surface area contributed by atoms with Crippen molar-refractivity contribution in [2.75, 3.05) is 26.2 Å². The summed E-state index contributed by atoms with van der Waals surface area (Å²) in [6, 6.07) is 15.4. The van der Waals surface area contributed by atoms with Crippen LogP contribution in [0.2, 0.25) is 0 Å². The quantitative estimate of drug-likeness (QED) is 0.498. The van der Waals surface area contributed by atoms with Crippen LogP contribution in [0.5, 0.6) is 0 Å². The van der Waals surface area contributed by atoms with Crippen LogP contribution in [0.15, 0.2) is 54.1 Å². The highest BCUT2D eigenvalue weighted by Gasteiger charge is 2.37. The topological polar surface area (TPSA) is 32.3 Å². The van der Waals surface area contributed by atoms with Crippen molar-refractivity contribution in [3.8, 4) is 0 Å². The van der Waals surface area contributed by atoms with Crippen LogP contribution in [0.4, 0.5) is 0 Å². The van der Waals surface area contributed by atoms with Crippen LogP contribution in [-0.2, 0) is 10.2 Å². The Labute approximate surface area is 188 Å². The third kappa shape index (κ3) is 5.98. The first-order valence-corrected chi connectivity index (χ1v) is 12.0. The summed E-state index contributed by atoms with van der Waals surface area (Å²) in [5, 5.41) is 5.90. The van der Waals surface area contributed by atoms with Gasteiger partial charge in [0.05, 0.1) is 0 Å². The summed E-state index contributed by atoms with van der Waals surface area (Å²) < 4.78 is 0. The van der Waals surface area contributed by atoms with E-state index in [-0.39, 0.29) is 11.3 Å². The monoisotopic (exact) mass is 420 g/mol. The number of benzene rings is 2. The van der Waals surface area contributed by atoms with Gasteiger partial charge in [-0.15, -0.1) is 0 Å². The first-order chi connectivity index (χ1) is 14.9. The molecular weight excluding hydrogens is 380 g/mol. The second-order valence-corrected chi connectivity index (χ2v) is 9.75. The maximum Gasteiger partial charge on any atom is 0.223 e. The molecule has 1 fully saturated rings. The van der Waals surface area contributed by atoms with Gasteiger partial charge in [-0.2, -0.15) is 0 Å². The Morgan fingerprint density at radius 3 is 2.48 bits per heavy atom. The molecule has 1 N–H and O–H groups in total. The predicted octanol–water partition coefficient (Wildman–Crippen LogP) is 6.08. The number of hydrogen-bond acceptors (Lipinski definition) is 2. The molecule has 1 heterocycles. The van der Waals surface area contributed by atoms with Crippen molar-refractivity contribution in [3.63, 3.8) is 0 Å². The summed E-state index contributed by atoms with van der Waals surface area (Å²) in [5.74, 6) is 0.524. The van der Waals surface area contributed by atoms with Crippen molar-refractivity contribution in [2.24, 2.45) is 5.92 Å². The lowest BCUT2D eigenvalue weighted by molar-refractivity contribution is -0.120. The molecule has 3 nitrogen and oxygen atoms in total. The second-order valence-electron chi connectivity index (χ2n) is 9.75. The maximum absolute atomic E-state index is 12.7. The van der Waals surface area contributed by atoms with Crippen molar-refractivity contribution < 1.29 is 4.79 Å². The minimum Gasteiger partial charge on any atom is -0.355 e. The molecule has 1 aliphatic rings. The molecule has 0 bridgehead atoms. The zero-order valence-corrected chi connectivity index (χ0v) is 19.9. The van der Waals surface area contributed by atoms with Crippen molar-refractivity contribution in [1.29, 1.82) is 0 Å². The van der Waals surface area contributed by atoms with Crippen LogP contribution in [-0.4, -0.2) is 37.0 Å². The lowest BCUT2D eigenvalue weighted by Gasteiger charge is -2.41. The summed E-state index contributed by atoms with van der Waals surface area (Å²) in [6.07, 6.45) is 7.50. The summed E-state index contributed by atoms with van der Waals surface area (Å²) in [4.78, 5) is 15.3. The van der Waals surface area contributed by atoms with Gasteiger partial charge < -0.3 is 10.2 Å². The van der Waals surface area contributed by atoms with Gasteiger partial charge in [0.1, 0.15) is 0 Å². The van der Waals surface area contributed by atoms with Gasteiger partial charge in [-0.25, -0.2) is 0 Å². The number of amides is 1. The normalized spacial score (nSPS) is 16.8. The van der Waals surface area contributed by atoms with Gasteiger partial charge in [0.2, 0.25) is 5.91 Å². The molecule has 31 heavy (non-hydrogen) atoms. The van der Waals surface area contributed by atoms with E-state index < -0.39 is 0 Å². The van der Waals surface area contributed by atoms with Crippen molar-refractivity contribution in [1.82, 2.24) is 10.2 Å². The molecular formula is C28H40N2O. The lowest BCUT2D eigenvalue weighted by atomic mass is 9.67. The Hall–Kier alpha value is -2.13. The van der Waals surface area contributed by atoms with E-state index in [9.17, 15) is 4.79 Å². The largest absolute Gasteiger partial charge is 0.355 e. The minimum absolute atomic E-state index is 0.0983. The Bertz CT molecular complexity index is 886. The smallest absolute Gasteiger partial charge is 0.223 e. The highest BCUT2D eigenvalue weighted by molar-refractivity contribution is 5.87. The van der Waals surface area contributed by atoms with Crippen molar-refractivity contribution >= 4 is 16.7 Å². The number of piperidine rings is 1. The summed E-state index contributed by atoms with van der Waals surface area (Å²) in [6.45, 7) is 12.9. The summed E-state index contributed by atoms with van der Waals surface area (Å²) in [5.41, 5.74) is 2.46. The van der Waals surface area contributed by atoms with E-state index in [1.165, 1.54) is 54.3 Å². The zero-order valence-electron chi connectivity index (χ0n) is 19.9. The molecule has 1 saturated heterocycles. The van der Waals surface area contributed by atoms with Crippen LogP contribution in [0.1, 0.15) is 65.4 Å². The van der Waals surface area contributed by atoms with Gasteiger partial charge in [0.15, 0.2) is 0 Å². The van der Waals surface area contributed by atoms with Gasteiger partial charge in [-0.05, 0) is 75.0 Å². The third-order valence-corrected chi connectivity index (χ3v) is 7.05. The van der Waals surface area contributed by atoms with Crippen LogP contribution in [0.25, 0.3) is 10.8 Å². The average Bonchev–Trinajstić information content (AvgIpc) is 2.78. The number of rotatable bonds is 9. The highest BCUT2D eigenvalue weighted by atomic mass is 16.1. The van der Waals surface area contributed by atoms with Gasteiger partial charge in [-0.3, -0.25) is 4.79 Å². The van der Waals surface area contributed by atoms with Gasteiger partial charge in [0.25, 0.3) is 0 Å². The maximum atomic E-state index is 12.7. The summed E-state index contributed by atoms with van der Waals surface area (Å²) in [7, 11) is 0. The Kier molecular flexibility index (Phi) is 8.31. The molecule has 0 aliphatic carbocycles. The van der Waals surface area contributed by atoms with E-state index in [0.29, 0.717) is 18.9 Å². The van der Waals surface area contributed by atoms with Crippen LogP contribution in [0.3, 0.4) is 0 Å². The number of likely N-dealkylation sites (tertiary alicyclic amines) is 1. The number of fused-ring (bicyclic) bond motifs is 1. The van der Waals surface area contributed by atoms with Crippen molar-refractivity contribution in [3.05, 3.63) is 59.7 Å². The Morgan fingerprint density at radius 2 is 1.77 bits per heavy atom. The number of carbonyl (C=O) groups is 1. The second kappa shape index (κ2) is 10.9. The van der Waals surface area contributed by atoms with E-state index in [4.69, 9.17) is 0 Å². The third-order valence-electron chi connectivity index (χ3n) is 7.05. The van der Waals surface area contributed by atoms with Gasteiger partial charge in [-0.1, -0.05) is 74.4 Å². The molecule has 0 aromatic heterocycles. The number of nitrogens with zero attached hydrogens (tertiary/aromatic N) is 1. The summed E-state index contributed by atoms with van der Waals surface area (Å²) >= 11 is 0. The van der Waals surface area contributed by atoms with E-state index in [2.05, 4.69) is 66.5 Å². The number of allylic oxidation sites excluding steroid dienone is 1.